The number of Topliss-reactive ketones (excluding diaryl/α,β-unsaturated/α-hetero) is 1. The van der Waals surface area contributed by atoms with Gasteiger partial charge in [0.2, 0.25) is 0 Å². The Morgan fingerprint density at radius 1 is 1.11 bits per heavy atom. The number of benzene rings is 1. The van der Waals surface area contributed by atoms with Gasteiger partial charge in [-0.05, 0) is 97.4 Å². The van der Waals surface area contributed by atoms with Crippen LogP contribution in [-0.2, 0) is 19.4 Å². The number of carbonyl (C=O) groups excluding carboxylic acids is 1. The molecule has 0 saturated heterocycles. The maximum atomic E-state index is 10.9. The Hall–Kier alpha value is -2.20. The number of ketones is 1. The highest BCUT2D eigenvalue weighted by molar-refractivity contribution is 5.92. The van der Waals surface area contributed by atoms with Gasteiger partial charge in [0.05, 0.1) is 12.8 Å². The molecule has 2 aromatic rings. The second-order valence-electron chi connectivity index (χ2n) is 10.6. The Kier molecular flexibility index (Phi) is 10.3. The lowest BCUT2D eigenvalue weighted by Gasteiger charge is -2.22. The quantitative estimate of drug-likeness (QED) is 0.388. The summed E-state index contributed by atoms with van der Waals surface area (Å²) in [6.45, 7) is 13.2. The molecule has 1 atom stereocenters. The smallest absolute Gasteiger partial charge is 0.178 e. The Bertz CT molecular complexity index is 929. The van der Waals surface area contributed by atoms with Gasteiger partial charge in [0.15, 0.2) is 5.78 Å². The van der Waals surface area contributed by atoms with Gasteiger partial charge >= 0.3 is 0 Å². The number of aromatic nitrogens is 1. The minimum atomic E-state index is -0.0151. The zero-order valence-electron chi connectivity index (χ0n) is 22.7. The predicted molar refractivity (Wildman–Crippen MR) is 145 cm³/mol. The normalized spacial score (nSPS) is 19.3. The highest BCUT2D eigenvalue weighted by atomic mass is 16.5. The first-order chi connectivity index (χ1) is 17.0. The van der Waals surface area contributed by atoms with Crippen LogP contribution in [0.2, 0.25) is 0 Å². The molecule has 1 N–H and O–H groups in total. The lowest BCUT2D eigenvalue weighted by molar-refractivity contribution is 0.101. The summed E-state index contributed by atoms with van der Waals surface area (Å²) in [6.07, 6.45) is 12.3. The molecule has 4 nitrogen and oxygen atoms in total. The number of nitrogens with zero attached hydrogens (tertiary/aromatic N) is 1. The highest BCUT2D eigenvalue weighted by Gasteiger charge is 2.39. The fraction of sp³-hybridized carbons (Fsp3) is 0.613. The third-order valence-corrected chi connectivity index (χ3v) is 7.56. The van der Waals surface area contributed by atoms with Gasteiger partial charge in [-0.1, -0.05) is 45.9 Å². The second-order valence-corrected chi connectivity index (χ2v) is 10.6. The van der Waals surface area contributed by atoms with Crippen molar-refractivity contribution in [3.8, 4) is 5.75 Å². The molecule has 3 aliphatic carbocycles. The Balaban J connectivity index is 0.000000190. The summed E-state index contributed by atoms with van der Waals surface area (Å²) in [6, 6.07) is 10.6. The number of pyridine rings is 1. The van der Waals surface area contributed by atoms with Crippen molar-refractivity contribution >= 4 is 5.78 Å². The summed E-state index contributed by atoms with van der Waals surface area (Å²) < 4.78 is 5.49. The number of rotatable bonds is 9. The predicted octanol–water partition coefficient (Wildman–Crippen LogP) is 7.19. The monoisotopic (exact) mass is 478 g/mol. The molecule has 0 aliphatic heterocycles. The van der Waals surface area contributed by atoms with E-state index in [0.29, 0.717) is 11.1 Å². The van der Waals surface area contributed by atoms with Crippen molar-refractivity contribution < 1.29 is 9.53 Å². The minimum absolute atomic E-state index is 0.0151. The van der Waals surface area contributed by atoms with E-state index in [2.05, 4.69) is 42.3 Å². The molecule has 0 unspecified atom stereocenters. The number of carbonyl (C=O) groups is 1. The van der Waals surface area contributed by atoms with Gasteiger partial charge in [-0.3, -0.25) is 4.79 Å². The minimum Gasteiger partial charge on any atom is -0.492 e. The van der Waals surface area contributed by atoms with Gasteiger partial charge < -0.3 is 10.1 Å². The molecule has 3 aliphatic rings. The maximum absolute atomic E-state index is 10.9. The number of hydrogen-bond donors (Lipinski definition) is 1. The van der Waals surface area contributed by atoms with Gasteiger partial charge in [0, 0.05) is 20.0 Å². The molecule has 0 amide bonds. The summed E-state index contributed by atoms with van der Waals surface area (Å²) >= 11 is 0. The molecule has 2 saturated carbocycles. The van der Waals surface area contributed by atoms with Crippen molar-refractivity contribution in [1.29, 1.82) is 0 Å². The first-order valence-electron chi connectivity index (χ1n) is 13.9. The molecule has 2 fully saturated rings. The average Bonchev–Trinajstić information content (AvgIpc) is 3.81. The van der Waals surface area contributed by atoms with Crippen LogP contribution in [0, 0.1) is 17.3 Å². The van der Waals surface area contributed by atoms with Gasteiger partial charge in [-0.25, -0.2) is 4.98 Å². The van der Waals surface area contributed by atoms with Crippen molar-refractivity contribution in [1.82, 2.24) is 10.3 Å². The largest absolute Gasteiger partial charge is 0.492 e. The Morgan fingerprint density at radius 2 is 1.89 bits per heavy atom. The van der Waals surface area contributed by atoms with Crippen LogP contribution < -0.4 is 10.1 Å². The fourth-order valence-corrected chi connectivity index (χ4v) is 4.58. The van der Waals surface area contributed by atoms with Crippen LogP contribution in [0.1, 0.15) is 100 Å². The van der Waals surface area contributed by atoms with Crippen LogP contribution in [0.25, 0.3) is 0 Å². The van der Waals surface area contributed by atoms with Crippen molar-refractivity contribution in [2.45, 2.75) is 92.5 Å². The van der Waals surface area contributed by atoms with Gasteiger partial charge in [0.1, 0.15) is 11.4 Å². The van der Waals surface area contributed by atoms with Crippen LogP contribution in [0.15, 0.2) is 36.5 Å². The number of hydrogen-bond acceptors (Lipinski definition) is 4. The summed E-state index contributed by atoms with van der Waals surface area (Å²) in [4.78, 5) is 14.9. The zero-order valence-corrected chi connectivity index (χ0v) is 22.7. The van der Waals surface area contributed by atoms with E-state index in [4.69, 9.17) is 4.74 Å². The van der Waals surface area contributed by atoms with E-state index in [-0.39, 0.29) is 5.78 Å². The van der Waals surface area contributed by atoms with E-state index >= 15 is 0 Å². The van der Waals surface area contributed by atoms with Crippen molar-refractivity contribution in [3.63, 3.8) is 0 Å². The lowest BCUT2D eigenvalue weighted by atomic mass is 9.84. The van der Waals surface area contributed by atoms with Crippen LogP contribution in [0.3, 0.4) is 0 Å². The van der Waals surface area contributed by atoms with E-state index in [9.17, 15) is 4.79 Å². The van der Waals surface area contributed by atoms with Crippen molar-refractivity contribution in [2.24, 2.45) is 17.3 Å². The first kappa shape index (κ1) is 27.4. The Labute approximate surface area is 213 Å². The van der Waals surface area contributed by atoms with Crippen LogP contribution in [0.5, 0.6) is 5.75 Å². The summed E-state index contributed by atoms with van der Waals surface area (Å²) in [5.74, 6) is 2.35. The third-order valence-electron chi connectivity index (χ3n) is 7.56. The van der Waals surface area contributed by atoms with Crippen molar-refractivity contribution in [2.75, 3.05) is 13.2 Å². The molecule has 35 heavy (non-hydrogen) atoms. The molecule has 192 valence electrons. The van der Waals surface area contributed by atoms with E-state index in [1.54, 1.807) is 29.5 Å². The van der Waals surface area contributed by atoms with E-state index in [1.165, 1.54) is 70.4 Å². The molecular weight excluding hydrogens is 432 g/mol. The summed E-state index contributed by atoms with van der Waals surface area (Å²) in [5, 5.41) is 3.67. The zero-order chi connectivity index (χ0) is 25.3. The van der Waals surface area contributed by atoms with Gasteiger partial charge in [0.25, 0.3) is 0 Å². The third kappa shape index (κ3) is 8.75. The molecule has 1 heterocycles. The topological polar surface area (TPSA) is 51.2 Å². The van der Waals surface area contributed by atoms with E-state index < -0.39 is 0 Å². The standard InChI is InChI=1S/C18H27N.C11H13NO2.C2H6/c1-3-18(8-9-18)13-19-12-15-5-7-16-10-14(2)4-6-17(16)11-15;1-8(13)11-5-4-10(6-12-11)14-7-9-2-3-9;1-2/h5,7,11,14,19H,3-4,6,8-10,12-13H2,1-2H3;4-6,9H,2-3,7H2,1H3;1-2H3/t14-;;/m0../s1. The van der Waals surface area contributed by atoms with Crippen LogP contribution in [-0.4, -0.2) is 23.9 Å². The summed E-state index contributed by atoms with van der Waals surface area (Å²) in [7, 11) is 0. The van der Waals surface area contributed by atoms with Crippen LogP contribution in [0.4, 0.5) is 0 Å². The first-order valence-corrected chi connectivity index (χ1v) is 13.9. The highest BCUT2D eigenvalue weighted by Crippen LogP contribution is 2.47. The SMILES string of the molecule is CC.CC(=O)c1ccc(OCC2CC2)cn1.CCC1(CNCc2ccc3c(c2)CC[C@H](C)C3)CC1. The van der Waals surface area contributed by atoms with Gasteiger partial charge in [-0.15, -0.1) is 0 Å². The van der Waals surface area contributed by atoms with Crippen LogP contribution >= 0.6 is 0 Å². The molecule has 0 bridgehead atoms. The molecule has 1 aromatic heterocycles. The van der Waals surface area contributed by atoms with Crippen molar-refractivity contribution in [3.05, 3.63) is 58.9 Å². The molecular formula is C31H46N2O2. The molecule has 5 rings (SSSR count). The molecule has 1 aromatic carbocycles. The number of nitrogens with one attached hydrogen (secondary N) is 1. The van der Waals surface area contributed by atoms with E-state index in [0.717, 1.165) is 30.7 Å². The average molecular weight is 479 g/mol. The number of fused-ring (bicyclic) bond motifs is 1. The fourth-order valence-electron chi connectivity index (χ4n) is 4.58. The molecule has 0 spiro atoms. The lowest BCUT2D eigenvalue weighted by Crippen LogP contribution is -2.23. The second kappa shape index (κ2) is 13.2. The number of aryl methyl sites for hydroxylation is 1. The Morgan fingerprint density at radius 3 is 2.49 bits per heavy atom. The maximum Gasteiger partial charge on any atom is 0.178 e. The molecule has 0 radical (unpaired) electrons. The summed E-state index contributed by atoms with van der Waals surface area (Å²) in [5.41, 5.74) is 5.82. The number of ether oxygens (including phenoxy) is 1. The van der Waals surface area contributed by atoms with E-state index in [1.807, 2.05) is 13.8 Å². The van der Waals surface area contributed by atoms with Gasteiger partial charge in [-0.2, -0.15) is 0 Å². The molecule has 4 heteroatoms.